The van der Waals surface area contributed by atoms with Gasteiger partial charge in [0.1, 0.15) is 0 Å². The highest BCUT2D eigenvalue weighted by Crippen LogP contribution is 1.93. The van der Waals surface area contributed by atoms with Gasteiger partial charge in [0.2, 0.25) is 0 Å². The lowest BCUT2D eigenvalue weighted by atomic mass is 10.2. The van der Waals surface area contributed by atoms with E-state index >= 15 is 0 Å². The number of thioether (sulfide) groups is 1. The highest BCUT2D eigenvalue weighted by Gasteiger charge is 1.97. The van der Waals surface area contributed by atoms with Crippen molar-refractivity contribution in [2.24, 2.45) is 10.9 Å². The van der Waals surface area contributed by atoms with E-state index in [2.05, 4.69) is 35.7 Å². The Kier molecular flexibility index (Phi) is 8.94. The molecule has 14 heavy (non-hydrogen) atoms. The van der Waals surface area contributed by atoms with Crippen LogP contribution < -0.4 is 10.6 Å². The molecule has 4 heteroatoms. The van der Waals surface area contributed by atoms with Gasteiger partial charge in [-0.15, -0.1) is 0 Å². The van der Waals surface area contributed by atoms with Crippen molar-refractivity contribution in [1.82, 2.24) is 10.6 Å². The largest absolute Gasteiger partial charge is 0.356 e. The van der Waals surface area contributed by atoms with Crippen molar-refractivity contribution in [1.29, 1.82) is 0 Å². The quantitative estimate of drug-likeness (QED) is 0.403. The molecule has 0 aromatic rings. The van der Waals surface area contributed by atoms with E-state index in [0.29, 0.717) is 5.92 Å². The first kappa shape index (κ1) is 13.6. The van der Waals surface area contributed by atoms with E-state index in [0.717, 1.165) is 19.0 Å². The fraction of sp³-hybridized carbons (Fsp3) is 0.900. The van der Waals surface area contributed by atoms with Gasteiger partial charge in [0.15, 0.2) is 5.96 Å². The molecule has 2 N–H and O–H groups in total. The zero-order valence-electron chi connectivity index (χ0n) is 9.76. The van der Waals surface area contributed by atoms with Crippen molar-refractivity contribution >= 4 is 17.7 Å². The molecule has 3 nitrogen and oxygen atoms in total. The van der Waals surface area contributed by atoms with E-state index in [-0.39, 0.29) is 0 Å². The Hall–Kier alpha value is -0.380. The molecule has 0 fully saturated rings. The Morgan fingerprint density at radius 2 is 2.07 bits per heavy atom. The van der Waals surface area contributed by atoms with Crippen molar-refractivity contribution in [2.45, 2.75) is 20.3 Å². The molecule has 0 rings (SSSR count). The van der Waals surface area contributed by atoms with Gasteiger partial charge in [0.05, 0.1) is 0 Å². The van der Waals surface area contributed by atoms with Crippen molar-refractivity contribution in [3.05, 3.63) is 0 Å². The molecule has 0 heterocycles. The molecule has 0 saturated carbocycles. The summed E-state index contributed by atoms with van der Waals surface area (Å²) in [6, 6.07) is 0. The van der Waals surface area contributed by atoms with Crippen LogP contribution in [0, 0.1) is 5.92 Å². The normalized spacial score (nSPS) is 11.9. The summed E-state index contributed by atoms with van der Waals surface area (Å²) in [5.74, 6) is 2.77. The van der Waals surface area contributed by atoms with Gasteiger partial charge in [-0.05, 0) is 24.3 Å². The number of rotatable bonds is 6. The molecule has 0 aliphatic carbocycles. The van der Waals surface area contributed by atoms with Crippen molar-refractivity contribution in [3.63, 3.8) is 0 Å². The number of nitrogens with zero attached hydrogens (tertiary/aromatic N) is 1. The first-order chi connectivity index (χ1) is 6.70. The third kappa shape index (κ3) is 8.23. The molecule has 0 atom stereocenters. The van der Waals surface area contributed by atoms with Gasteiger partial charge >= 0.3 is 0 Å². The molecule has 0 saturated heterocycles. The number of guanidine groups is 1. The van der Waals surface area contributed by atoms with Gasteiger partial charge in [-0.3, -0.25) is 4.99 Å². The molecule has 0 aliphatic heterocycles. The van der Waals surface area contributed by atoms with E-state index in [1.165, 1.54) is 12.2 Å². The number of aliphatic imine (C=N–C) groups is 1. The molecule has 0 aromatic heterocycles. The molecular formula is C10H23N3S. The lowest BCUT2D eigenvalue weighted by molar-refractivity contribution is 0.614. The Morgan fingerprint density at radius 1 is 1.36 bits per heavy atom. The molecule has 0 unspecified atom stereocenters. The monoisotopic (exact) mass is 217 g/mol. The van der Waals surface area contributed by atoms with Crippen LogP contribution in [0.15, 0.2) is 4.99 Å². The van der Waals surface area contributed by atoms with E-state index in [4.69, 9.17) is 0 Å². The van der Waals surface area contributed by atoms with Crippen LogP contribution in [0.1, 0.15) is 20.3 Å². The van der Waals surface area contributed by atoms with Crippen LogP contribution in [0.5, 0.6) is 0 Å². The summed E-state index contributed by atoms with van der Waals surface area (Å²) in [7, 11) is 1.81. The molecular weight excluding hydrogens is 194 g/mol. The maximum Gasteiger partial charge on any atom is 0.190 e. The second-order valence-corrected chi connectivity index (χ2v) is 4.61. The highest BCUT2D eigenvalue weighted by molar-refractivity contribution is 7.98. The standard InChI is InChI=1S/C10H23N3S/c1-9(2)8-13-10(11-3)12-6-5-7-14-4/h9H,5-8H2,1-4H3,(H2,11,12,13). The Balaban J connectivity index is 3.49. The maximum atomic E-state index is 4.15. The fourth-order valence-electron chi connectivity index (χ4n) is 0.945. The average Bonchev–Trinajstić information content (AvgIpc) is 2.16. The summed E-state index contributed by atoms with van der Waals surface area (Å²) in [5, 5.41) is 6.56. The lowest BCUT2D eigenvalue weighted by Gasteiger charge is -2.12. The molecule has 0 amide bonds. The topological polar surface area (TPSA) is 36.4 Å². The highest BCUT2D eigenvalue weighted by atomic mass is 32.2. The third-order valence-electron chi connectivity index (χ3n) is 1.72. The minimum Gasteiger partial charge on any atom is -0.356 e. The molecule has 0 aromatic carbocycles. The molecule has 0 bridgehead atoms. The SMILES string of the molecule is CN=C(NCCCSC)NCC(C)C. The van der Waals surface area contributed by atoms with E-state index < -0.39 is 0 Å². The second-order valence-electron chi connectivity index (χ2n) is 3.62. The molecule has 0 aliphatic rings. The Morgan fingerprint density at radius 3 is 2.57 bits per heavy atom. The van der Waals surface area contributed by atoms with E-state index in [9.17, 15) is 0 Å². The van der Waals surface area contributed by atoms with Crippen LogP contribution in [0.25, 0.3) is 0 Å². The lowest BCUT2D eigenvalue weighted by Crippen LogP contribution is -2.39. The van der Waals surface area contributed by atoms with Gasteiger partial charge in [-0.1, -0.05) is 13.8 Å². The van der Waals surface area contributed by atoms with E-state index in [1.807, 2.05) is 18.8 Å². The van der Waals surface area contributed by atoms with Crippen molar-refractivity contribution in [2.75, 3.05) is 32.1 Å². The predicted octanol–water partition coefficient (Wildman–Crippen LogP) is 1.56. The van der Waals surface area contributed by atoms with Gasteiger partial charge < -0.3 is 10.6 Å². The third-order valence-corrected chi connectivity index (χ3v) is 2.42. The minimum atomic E-state index is 0.653. The van der Waals surface area contributed by atoms with Gasteiger partial charge in [0.25, 0.3) is 0 Å². The number of hydrogen-bond acceptors (Lipinski definition) is 2. The predicted molar refractivity (Wildman–Crippen MR) is 67.2 cm³/mol. The van der Waals surface area contributed by atoms with E-state index in [1.54, 1.807) is 0 Å². The fourth-order valence-corrected chi connectivity index (χ4v) is 1.38. The van der Waals surface area contributed by atoms with Crippen molar-refractivity contribution in [3.8, 4) is 0 Å². The second kappa shape index (κ2) is 9.19. The van der Waals surface area contributed by atoms with Gasteiger partial charge in [-0.25, -0.2) is 0 Å². The van der Waals surface area contributed by atoms with Crippen LogP contribution in [0.2, 0.25) is 0 Å². The average molecular weight is 217 g/mol. The minimum absolute atomic E-state index is 0.653. The number of nitrogens with one attached hydrogen (secondary N) is 2. The first-order valence-electron chi connectivity index (χ1n) is 5.14. The zero-order valence-corrected chi connectivity index (χ0v) is 10.6. The molecule has 0 radical (unpaired) electrons. The molecule has 0 spiro atoms. The summed E-state index contributed by atoms with van der Waals surface area (Å²) in [6.45, 7) is 6.35. The Labute approximate surface area is 92.1 Å². The van der Waals surface area contributed by atoms with Crippen LogP contribution in [-0.4, -0.2) is 38.1 Å². The summed E-state index contributed by atoms with van der Waals surface area (Å²) in [6.07, 6.45) is 3.31. The summed E-state index contributed by atoms with van der Waals surface area (Å²) < 4.78 is 0. The van der Waals surface area contributed by atoms with Crippen LogP contribution in [0.4, 0.5) is 0 Å². The number of hydrogen-bond donors (Lipinski definition) is 2. The van der Waals surface area contributed by atoms with Crippen molar-refractivity contribution < 1.29 is 0 Å². The van der Waals surface area contributed by atoms with Crippen LogP contribution >= 0.6 is 11.8 Å². The zero-order chi connectivity index (χ0) is 10.8. The summed E-state index contributed by atoms with van der Waals surface area (Å²) in [5.41, 5.74) is 0. The van der Waals surface area contributed by atoms with Crippen LogP contribution in [-0.2, 0) is 0 Å². The smallest absolute Gasteiger partial charge is 0.190 e. The summed E-state index contributed by atoms with van der Waals surface area (Å²) in [4.78, 5) is 4.15. The van der Waals surface area contributed by atoms with Gasteiger partial charge in [0, 0.05) is 20.1 Å². The maximum absolute atomic E-state index is 4.15. The first-order valence-corrected chi connectivity index (χ1v) is 6.53. The van der Waals surface area contributed by atoms with Crippen LogP contribution in [0.3, 0.4) is 0 Å². The Bertz CT molecular complexity index is 157. The van der Waals surface area contributed by atoms with Gasteiger partial charge in [-0.2, -0.15) is 11.8 Å². The molecule has 84 valence electrons. The summed E-state index contributed by atoms with van der Waals surface area (Å²) >= 11 is 1.88.